The smallest absolute Gasteiger partial charge is 0.213 e. The van der Waals surface area contributed by atoms with E-state index < -0.39 is 0 Å². The molecule has 0 saturated carbocycles. The van der Waals surface area contributed by atoms with Crippen molar-refractivity contribution in [3.05, 3.63) is 218 Å². The van der Waals surface area contributed by atoms with Gasteiger partial charge in [0.15, 0.2) is 5.58 Å². The van der Waals surface area contributed by atoms with Crippen LogP contribution in [0.15, 0.2) is 227 Å². The van der Waals surface area contributed by atoms with Crippen molar-refractivity contribution in [2.45, 2.75) is 0 Å². The van der Waals surface area contributed by atoms with E-state index in [2.05, 4.69) is 210 Å². The van der Waals surface area contributed by atoms with Crippen LogP contribution in [0.2, 0.25) is 0 Å². The van der Waals surface area contributed by atoms with Gasteiger partial charge in [-0.1, -0.05) is 170 Å². The first-order valence-corrected chi connectivity index (χ1v) is 20.3. The Morgan fingerprint density at radius 2 is 0.867 bits per heavy atom. The second-order valence-corrected chi connectivity index (χ2v) is 15.3. The van der Waals surface area contributed by atoms with Gasteiger partial charge in [0.2, 0.25) is 5.71 Å². The highest BCUT2D eigenvalue weighted by Gasteiger charge is 2.24. The summed E-state index contributed by atoms with van der Waals surface area (Å²) in [7, 11) is 0. The molecule has 0 spiro atoms. The Labute approximate surface area is 346 Å². The number of aromatic nitrogens is 1. The number of rotatable bonds is 7. The molecule has 0 N–H and O–H groups in total. The lowest BCUT2D eigenvalue weighted by Gasteiger charge is -2.26. The number of anilines is 3. The maximum absolute atomic E-state index is 6.98. The van der Waals surface area contributed by atoms with Gasteiger partial charge in [0.25, 0.3) is 0 Å². The fraction of sp³-hybridized carbons (Fsp3) is 0. The molecule has 12 aromatic rings. The minimum Gasteiger partial charge on any atom is -0.453 e. The summed E-state index contributed by atoms with van der Waals surface area (Å²) in [5.41, 5.74) is 15.4. The number of hydrogen-bond acceptors (Lipinski definition) is 3. The predicted molar refractivity (Wildman–Crippen MR) is 249 cm³/mol. The van der Waals surface area contributed by atoms with Gasteiger partial charge in [-0.2, -0.15) is 0 Å². The van der Waals surface area contributed by atoms with E-state index >= 15 is 0 Å². The zero-order valence-corrected chi connectivity index (χ0v) is 32.5. The molecule has 0 radical (unpaired) electrons. The number of hydrogen-bond donors (Lipinski definition) is 0. The first-order valence-electron chi connectivity index (χ1n) is 20.3. The van der Waals surface area contributed by atoms with Crippen LogP contribution in [-0.2, 0) is 0 Å². The molecule has 0 unspecified atom stereocenters. The Kier molecular flexibility index (Phi) is 7.82. The molecule has 0 aliphatic carbocycles. The van der Waals surface area contributed by atoms with Gasteiger partial charge in [-0.05, 0) is 70.8 Å². The SMILES string of the molecule is c1ccc(-c2ccc(N(c3ccc(-c4cccc5c6c7ccccc7oc6n(-c6ccccc6)c45)cc3)c3cccc4c3oc3c(-c5ccccc5)cccc34)cc2)cc1. The van der Waals surface area contributed by atoms with E-state index in [-0.39, 0.29) is 0 Å². The average Bonchev–Trinajstić information content (AvgIpc) is 4.00. The van der Waals surface area contributed by atoms with Gasteiger partial charge in [0.05, 0.1) is 16.6 Å². The summed E-state index contributed by atoms with van der Waals surface area (Å²) < 4.78 is 15.9. The van der Waals surface area contributed by atoms with Crippen LogP contribution in [0.25, 0.3) is 94.0 Å². The van der Waals surface area contributed by atoms with Crippen molar-refractivity contribution >= 4 is 72.0 Å². The van der Waals surface area contributed by atoms with Crippen LogP contribution in [0.3, 0.4) is 0 Å². The molecule has 0 aliphatic heterocycles. The van der Waals surface area contributed by atoms with Crippen LogP contribution < -0.4 is 4.90 Å². The van der Waals surface area contributed by atoms with Crippen LogP contribution >= 0.6 is 0 Å². The summed E-state index contributed by atoms with van der Waals surface area (Å²) in [5.74, 6) is 0. The molecule has 3 heterocycles. The van der Waals surface area contributed by atoms with Crippen molar-refractivity contribution in [2.75, 3.05) is 4.90 Å². The summed E-state index contributed by atoms with van der Waals surface area (Å²) >= 11 is 0. The van der Waals surface area contributed by atoms with Crippen LogP contribution in [0.1, 0.15) is 0 Å². The van der Waals surface area contributed by atoms with Crippen LogP contribution in [0.5, 0.6) is 0 Å². The van der Waals surface area contributed by atoms with Crippen molar-refractivity contribution < 1.29 is 8.83 Å². The quantitative estimate of drug-likeness (QED) is 0.162. The molecule has 0 bridgehead atoms. The van der Waals surface area contributed by atoms with E-state index in [1.807, 2.05) is 18.2 Å². The minimum absolute atomic E-state index is 0.840. The van der Waals surface area contributed by atoms with Gasteiger partial charge in [-0.25, -0.2) is 0 Å². The zero-order valence-electron chi connectivity index (χ0n) is 32.5. The molecule has 12 rings (SSSR count). The summed E-state index contributed by atoms with van der Waals surface area (Å²) in [6.07, 6.45) is 0. The molecule has 0 saturated heterocycles. The zero-order chi connectivity index (χ0) is 39.6. The van der Waals surface area contributed by atoms with E-state index in [0.29, 0.717) is 0 Å². The molecule has 60 heavy (non-hydrogen) atoms. The lowest BCUT2D eigenvalue weighted by atomic mass is 10.0. The minimum atomic E-state index is 0.840. The average molecular weight is 769 g/mol. The second kappa shape index (κ2) is 13.8. The number of para-hydroxylation sites is 5. The Hall–Kier alpha value is -8.08. The third kappa shape index (κ3) is 5.39. The molecule has 0 fully saturated rings. The number of fused-ring (bicyclic) bond motifs is 8. The van der Waals surface area contributed by atoms with Gasteiger partial charge in [-0.3, -0.25) is 4.57 Å². The summed E-state index contributed by atoms with van der Waals surface area (Å²) in [4.78, 5) is 2.32. The fourth-order valence-corrected chi connectivity index (χ4v) is 9.07. The van der Waals surface area contributed by atoms with Crippen LogP contribution in [-0.4, -0.2) is 4.57 Å². The van der Waals surface area contributed by atoms with E-state index in [9.17, 15) is 0 Å². The highest BCUT2D eigenvalue weighted by Crippen LogP contribution is 2.46. The summed E-state index contributed by atoms with van der Waals surface area (Å²) in [5, 5.41) is 5.57. The Morgan fingerprint density at radius 3 is 1.58 bits per heavy atom. The van der Waals surface area contributed by atoms with Crippen molar-refractivity contribution in [3.8, 4) is 39.1 Å². The molecule has 4 heteroatoms. The second-order valence-electron chi connectivity index (χ2n) is 15.3. The predicted octanol–water partition coefficient (Wildman–Crippen LogP) is 15.9. The normalized spacial score (nSPS) is 11.7. The molecule has 0 atom stereocenters. The third-order valence-corrected chi connectivity index (χ3v) is 11.8. The molecule has 282 valence electrons. The van der Waals surface area contributed by atoms with Gasteiger partial charge in [0, 0.05) is 49.7 Å². The topological polar surface area (TPSA) is 34.5 Å². The van der Waals surface area contributed by atoms with Crippen molar-refractivity contribution in [1.82, 2.24) is 4.57 Å². The standard InChI is InChI=1S/C56H36N2O2/c1-4-15-37(16-5-1)38-29-33-42(34-30-38)57(50-27-14-25-47-46-24-13-23-45(54(46)60-55(47)50)39-17-6-2-7-18-39)43-35-31-40(32-36-43)44-22-12-26-49-52-48-21-10-11-28-51(48)59-56(52)58(53(44)49)41-19-8-3-9-20-41/h1-36H. The van der Waals surface area contributed by atoms with Gasteiger partial charge >= 0.3 is 0 Å². The molecule has 4 nitrogen and oxygen atoms in total. The monoisotopic (exact) mass is 768 g/mol. The van der Waals surface area contributed by atoms with Crippen molar-refractivity contribution in [2.24, 2.45) is 0 Å². The van der Waals surface area contributed by atoms with Crippen molar-refractivity contribution in [1.29, 1.82) is 0 Å². The number of benzene rings is 9. The highest BCUT2D eigenvalue weighted by molar-refractivity contribution is 6.22. The Morgan fingerprint density at radius 1 is 0.350 bits per heavy atom. The number of furan rings is 2. The van der Waals surface area contributed by atoms with E-state index in [0.717, 1.165) is 105 Å². The van der Waals surface area contributed by atoms with Crippen molar-refractivity contribution in [3.63, 3.8) is 0 Å². The number of nitrogens with zero attached hydrogens (tertiary/aromatic N) is 2. The maximum Gasteiger partial charge on any atom is 0.213 e. The van der Waals surface area contributed by atoms with Crippen LogP contribution in [0, 0.1) is 0 Å². The molecule has 3 aromatic heterocycles. The van der Waals surface area contributed by atoms with E-state index in [4.69, 9.17) is 8.83 Å². The molecule has 9 aromatic carbocycles. The Balaban J connectivity index is 1.04. The first kappa shape index (κ1) is 34.0. The van der Waals surface area contributed by atoms with E-state index in [1.165, 1.54) is 5.56 Å². The molecular weight excluding hydrogens is 733 g/mol. The molecule has 0 aliphatic rings. The summed E-state index contributed by atoms with van der Waals surface area (Å²) in [6, 6.07) is 77.1. The maximum atomic E-state index is 6.98. The first-order chi connectivity index (χ1) is 29.8. The lowest BCUT2D eigenvalue weighted by molar-refractivity contribution is 0.645. The lowest BCUT2D eigenvalue weighted by Crippen LogP contribution is -2.10. The summed E-state index contributed by atoms with van der Waals surface area (Å²) in [6.45, 7) is 0. The molecule has 0 amide bonds. The van der Waals surface area contributed by atoms with Gasteiger partial charge in [0.1, 0.15) is 11.2 Å². The third-order valence-electron chi connectivity index (χ3n) is 11.8. The van der Waals surface area contributed by atoms with Crippen LogP contribution in [0.4, 0.5) is 17.1 Å². The largest absolute Gasteiger partial charge is 0.453 e. The molecular formula is C56H36N2O2. The highest BCUT2D eigenvalue weighted by atomic mass is 16.3. The van der Waals surface area contributed by atoms with Gasteiger partial charge in [-0.15, -0.1) is 0 Å². The Bertz CT molecular complexity index is 3510. The fourth-order valence-electron chi connectivity index (χ4n) is 9.07. The van der Waals surface area contributed by atoms with E-state index in [1.54, 1.807) is 0 Å². The van der Waals surface area contributed by atoms with Gasteiger partial charge < -0.3 is 13.7 Å².